The maximum atomic E-state index is 13.4. The summed E-state index contributed by atoms with van der Waals surface area (Å²) >= 11 is 0. The molecule has 2 aliphatic rings. The van der Waals surface area contributed by atoms with Gasteiger partial charge in [0.25, 0.3) is 5.91 Å². The summed E-state index contributed by atoms with van der Waals surface area (Å²) in [7, 11) is -3.06. The number of imide groups is 1. The van der Waals surface area contributed by atoms with Crippen LogP contribution in [-0.4, -0.2) is 44.0 Å². The van der Waals surface area contributed by atoms with Gasteiger partial charge in [0, 0.05) is 11.8 Å². The van der Waals surface area contributed by atoms with Gasteiger partial charge in [0.15, 0.2) is 9.84 Å². The predicted octanol–water partition coefficient (Wildman–Crippen LogP) is 2.78. The van der Waals surface area contributed by atoms with E-state index in [9.17, 15) is 18.0 Å². The molecule has 7 heteroatoms. The molecule has 0 aromatic heterocycles. The average Bonchev–Trinajstić information content (AvgIpc) is 3.07. The van der Waals surface area contributed by atoms with Crippen molar-refractivity contribution in [3.05, 3.63) is 65.2 Å². The number of para-hydroxylation sites is 1. The number of hydrogen-bond acceptors (Lipinski definition) is 5. The largest absolute Gasteiger partial charge is 0.292 e. The zero-order valence-electron chi connectivity index (χ0n) is 16.1. The SMILES string of the molecule is CCc1ccccc1N1C(=O)c2ccccc2[C@H](C=N[C@@H]2CCS(=O)(=O)C2)C1=O. The van der Waals surface area contributed by atoms with Crippen LogP contribution in [0.4, 0.5) is 5.69 Å². The minimum atomic E-state index is -3.06. The third kappa shape index (κ3) is 3.62. The van der Waals surface area contributed by atoms with Crippen molar-refractivity contribution in [3.8, 4) is 0 Å². The number of aliphatic imine (C=N–C) groups is 1. The molecule has 0 aliphatic carbocycles. The van der Waals surface area contributed by atoms with Crippen LogP contribution in [0.25, 0.3) is 0 Å². The summed E-state index contributed by atoms with van der Waals surface area (Å²) < 4.78 is 23.4. The number of anilines is 1. The molecule has 0 N–H and O–H groups in total. The highest BCUT2D eigenvalue weighted by atomic mass is 32.2. The Kier molecular flexibility index (Phi) is 5.08. The standard InChI is InChI=1S/C22H22N2O4S/c1-2-15-7-3-6-10-20(15)24-21(25)18-9-5-4-8-17(18)19(22(24)26)13-23-16-11-12-29(27,28)14-16/h3-10,13,16,19H,2,11-12,14H2,1H3/t16-,19+/m1/s1. The van der Waals surface area contributed by atoms with Crippen LogP contribution in [0, 0.1) is 0 Å². The van der Waals surface area contributed by atoms with E-state index in [1.807, 2.05) is 25.1 Å². The third-order valence-corrected chi connectivity index (χ3v) is 7.23. The molecule has 2 amide bonds. The topological polar surface area (TPSA) is 83.9 Å². The molecule has 0 unspecified atom stereocenters. The highest BCUT2D eigenvalue weighted by Gasteiger charge is 2.39. The summed E-state index contributed by atoms with van der Waals surface area (Å²) in [6, 6.07) is 14.1. The van der Waals surface area contributed by atoms with E-state index in [1.165, 1.54) is 11.1 Å². The quantitative estimate of drug-likeness (QED) is 0.573. The van der Waals surface area contributed by atoms with Crippen LogP contribution in [0.2, 0.25) is 0 Å². The minimum Gasteiger partial charge on any atom is -0.292 e. The van der Waals surface area contributed by atoms with E-state index < -0.39 is 15.8 Å². The van der Waals surface area contributed by atoms with Gasteiger partial charge in [-0.3, -0.25) is 14.6 Å². The number of aryl methyl sites for hydroxylation is 1. The first-order chi connectivity index (χ1) is 13.9. The number of fused-ring (bicyclic) bond motifs is 1. The van der Waals surface area contributed by atoms with Crippen molar-refractivity contribution in [1.82, 2.24) is 0 Å². The first-order valence-corrected chi connectivity index (χ1v) is 11.5. The fourth-order valence-electron chi connectivity index (χ4n) is 3.96. The van der Waals surface area contributed by atoms with Crippen molar-refractivity contribution in [3.63, 3.8) is 0 Å². The Labute approximate surface area is 170 Å². The van der Waals surface area contributed by atoms with E-state index in [-0.39, 0.29) is 29.4 Å². The van der Waals surface area contributed by atoms with Gasteiger partial charge in [-0.2, -0.15) is 0 Å². The van der Waals surface area contributed by atoms with Crippen molar-refractivity contribution < 1.29 is 18.0 Å². The molecule has 0 spiro atoms. The Balaban J connectivity index is 1.76. The first-order valence-electron chi connectivity index (χ1n) is 9.70. The van der Waals surface area contributed by atoms with E-state index in [1.54, 1.807) is 30.3 Å². The first kappa shape index (κ1) is 19.5. The summed E-state index contributed by atoms with van der Waals surface area (Å²) in [5.41, 5.74) is 2.57. The van der Waals surface area contributed by atoms with Crippen molar-refractivity contribution in [2.24, 2.45) is 4.99 Å². The summed E-state index contributed by atoms with van der Waals surface area (Å²) in [5, 5.41) is 0. The second-order valence-electron chi connectivity index (χ2n) is 7.38. The van der Waals surface area contributed by atoms with Crippen molar-refractivity contribution in [2.75, 3.05) is 16.4 Å². The van der Waals surface area contributed by atoms with Gasteiger partial charge in [-0.15, -0.1) is 0 Å². The van der Waals surface area contributed by atoms with Gasteiger partial charge in [0.05, 0.1) is 29.2 Å². The van der Waals surface area contributed by atoms with Crippen LogP contribution in [0.15, 0.2) is 53.5 Å². The van der Waals surface area contributed by atoms with Gasteiger partial charge in [0.2, 0.25) is 5.91 Å². The van der Waals surface area contributed by atoms with E-state index in [2.05, 4.69) is 4.99 Å². The zero-order chi connectivity index (χ0) is 20.6. The molecule has 29 heavy (non-hydrogen) atoms. The van der Waals surface area contributed by atoms with E-state index >= 15 is 0 Å². The van der Waals surface area contributed by atoms with Gasteiger partial charge in [-0.05, 0) is 36.1 Å². The Bertz CT molecular complexity index is 1110. The van der Waals surface area contributed by atoms with Crippen LogP contribution in [-0.2, 0) is 21.1 Å². The molecule has 2 aliphatic heterocycles. The smallest absolute Gasteiger partial charge is 0.265 e. The second kappa shape index (κ2) is 7.55. The molecule has 150 valence electrons. The average molecular weight is 410 g/mol. The molecular formula is C22H22N2O4S. The maximum absolute atomic E-state index is 13.4. The number of nitrogens with zero attached hydrogens (tertiary/aromatic N) is 2. The molecule has 2 aromatic rings. The second-order valence-corrected chi connectivity index (χ2v) is 9.61. The van der Waals surface area contributed by atoms with E-state index in [0.29, 0.717) is 29.7 Å². The molecule has 2 atom stereocenters. The van der Waals surface area contributed by atoms with Gasteiger partial charge in [0.1, 0.15) is 0 Å². The lowest BCUT2D eigenvalue weighted by Crippen LogP contribution is -2.46. The van der Waals surface area contributed by atoms with Crippen LogP contribution >= 0.6 is 0 Å². The monoisotopic (exact) mass is 410 g/mol. The lowest BCUT2D eigenvalue weighted by atomic mass is 9.88. The Morgan fingerprint density at radius 1 is 1.10 bits per heavy atom. The Hall–Kier alpha value is -2.80. The van der Waals surface area contributed by atoms with Gasteiger partial charge in [-0.25, -0.2) is 13.3 Å². The molecule has 1 saturated heterocycles. The number of sulfone groups is 1. The Morgan fingerprint density at radius 2 is 1.83 bits per heavy atom. The number of amides is 2. The van der Waals surface area contributed by atoms with Crippen molar-refractivity contribution in [2.45, 2.75) is 31.7 Å². The highest BCUT2D eigenvalue weighted by molar-refractivity contribution is 7.91. The Morgan fingerprint density at radius 3 is 2.55 bits per heavy atom. The maximum Gasteiger partial charge on any atom is 0.265 e. The number of benzene rings is 2. The molecule has 0 radical (unpaired) electrons. The van der Waals surface area contributed by atoms with Crippen molar-refractivity contribution in [1.29, 1.82) is 0 Å². The lowest BCUT2D eigenvalue weighted by molar-refractivity contribution is -0.118. The third-order valence-electron chi connectivity index (χ3n) is 5.48. The summed E-state index contributed by atoms with van der Waals surface area (Å²) in [6.45, 7) is 1.98. The number of carbonyl (C=O) groups is 2. The fourth-order valence-corrected chi connectivity index (χ4v) is 5.59. The molecule has 2 heterocycles. The van der Waals surface area contributed by atoms with Crippen LogP contribution in [0.5, 0.6) is 0 Å². The normalized spacial score (nSPS) is 23.6. The number of carbonyl (C=O) groups excluding carboxylic acids is 2. The molecule has 0 bridgehead atoms. The highest BCUT2D eigenvalue weighted by Crippen LogP contribution is 2.34. The molecule has 1 fully saturated rings. The van der Waals surface area contributed by atoms with Crippen LogP contribution < -0.4 is 4.90 Å². The zero-order valence-corrected chi connectivity index (χ0v) is 16.9. The van der Waals surface area contributed by atoms with Crippen LogP contribution in [0.1, 0.15) is 40.7 Å². The summed E-state index contributed by atoms with van der Waals surface area (Å²) in [5.74, 6) is -1.30. The number of hydrogen-bond donors (Lipinski definition) is 0. The molecule has 4 rings (SSSR count). The molecule has 6 nitrogen and oxygen atoms in total. The molecule has 2 aromatic carbocycles. The summed E-state index contributed by atoms with van der Waals surface area (Å²) in [6.07, 6.45) is 2.68. The van der Waals surface area contributed by atoms with Gasteiger partial charge in [-0.1, -0.05) is 43.3 Å². The molecule has 0 saturated carbocycles. The van der Waals surface area contributed by atoms with Crippen LogP contribution in [0.3, 0.4) is 0 Å². The van der Waals surface area contributed by atoms with E-state index in [4.69, 9.17) is 0 Å². The van der Waals surface area contributed by atoms with Gasteiger partial charge >= 0.3 is 0 Å². The molecular weight excluding hydrogens is 388 g/mol. The number of rotatable bonds is 4. The predicted molar refractivity (Wildman–Crippen MR) is 112 cm³/mol. The minimum absolute atomic E-state index is 0.00731. The van der Waals surface area contributed by atoms with Crippen molar-refractivity contribution >= 4 is 33.6 Å². The fraction of sp³-hybridized carbons (Fsp3) is 0.318. The summed E-state index contributed by atoms with van der Waals surface area (Å²) in [4.78, 5) is 32.2. The van der Waals surface area contributed by atoms with E-state index in [0.717, 1.165) is 5.56 Å². The van der Waals surface area contributed by atoms with Gasteiger partial charge < -0.3 is 0 Å². The lowest BCUT2D eigenvalue weighted by Gasteiger charge is -2.32.